The first-order chi connectivity index (χ1) is 12.6. The zero-order valence-corrected chi connectivity index (χ0v) is 14.6. The Morgan fingerprint density at radius 2 is 1.69 bits per heavy atom. The molecule has 0 saturated heterocycles. The van der Waals surface area contributed by atoms with Gasteiger partial charge in [-0.1, -0.05) is 0 Å². The Morgan fingerprint density at radius 3 is 2.35 bits per heavy atom. The second kappa shape index (κ2) is 7.51. The van der Waals surface area contributed by atoms with Gasteiger partial charge in [-0.2, -0.15) is 9.97 Å². The van der Waals surface area contributed by atoms with Crippen molar-refractivity contribution in [3.8, 4) is 17.2 Å². The molecule has 0 unspecified atom stereocenters. The molecule has 0 saturated carbocycles. The van der Waals surface area contributed by atoms with Crippen molar-refractivity contribution in [3.05, 3.63) is 59.0 Å². The van der Waals surface area contributed by atoms with Gasteiger partial charge in [0, 0.05) is 18.5 Å². The predicted molar refractivity (Wildman–Crippen MR) is 97.0 cm³/mol. The molecule has 0 atom stereocenters. The van der Waals surface area contributed by atoms with Crippen LogP contribution in [0.3, 0.4) is 0 Å². The minimum atomic E-state index is -0.469. The molecule has 0 radical (unpaired) electrons. The van der Waals surface area contributed by atoms with Crippen LogP contribution in [0.5, 0.6) is 11.5 Å². The average Bonchev–Trinajstić information content (AvgIpc) is 2.66. The Hall–Kier alpha value is -3.62. The summed E-state index contributed by atoms with van der Waals surface area (Å²) in [5, 5.41) is 0. The monoisotopic (exact) mass is 354 g/mol. The maximum Gasteiger partial charge on any atom is 0.356 e. The largest absolute Gasteiger partial charge is 0.493 e. The lowest BCUT2D eigenvalue weighted by atomic mass is 10.2. The van der Waals surface area contributed by atoms with Crippen LogP contribution in [-0.2, 0) is 0 Å². The minimum Gasteiger partial charge on any atom is -0.493 e. The van der Waals surface area contributed by atoms with E-state index in [9.17, 15) is 4.79 Å². The van der Waals surface area contributed by atoms with Gasteiger partial charge in [0.2, 0.25) is 5.95 Å². The van der Waals surface area contributed by atoms with Gasteiger partial charge in [-0.3, -0.25) is 15.8 Å². The summed E-state index contributed by atoms with van der Waals surface area (Å²) < 4.78 is 11.9. The molecule has 0 aliphatic rings. The van der Waals surface area contributed by atoms with E-state index >= 15 is 0 Å². The molecular formula is C17H18N6O3. The summed E-state index contributed by atoms with van der Waals surface area (Å²) in [6, 6.07) is 8.69. The van der Waals surface area contributed by atoms with E-state index in [2.05, 4.69) is 25.8 Å². The first kappa shape index (κ1) is 17.2. The third kappa shape index (κ3) is 3.56. The van der Waals surface area contributed by atoms with Gasteiger partial charge in [-0.15, -0.1) is 0 Å². The Bertz CT molecular complexity index is 958. The molecule has 2 N–H and O–H groups in total. The first-order valence-electron chi connectivity index (χ1n) is 7.74. The van der Waals surface area contributed by atoms with E-state index < -0.39 is 5.69 Å². The number of anilines is 2. The van der Waals surface area contributed by atoms with E-state index in [1.807, 2.05) is 0 Å². The molecule has 2 heterocycles. The van der Waals surface area contributed by atoms with Crippen molar-refractivity contribution in [2.45, 2.75) is 6.92 Å². The highest BCUT2D eigenvalue weighted by molar-refractivity contribution is 5.50. The predicted octanol–water partition coefficient (Wildman–Crippen LogP) is 1.79. The highest BCUT2D eigenvalue weighted by atomic mass is 16.5. The SMILES string of the molecule is COc1ccc(-n2c(C)nc(NNc3ccncc3)nc2=O)cc1OC. The molecule has 0 aliphatic carbocycles. The van der Waals surface area contributed by atoms with Gasteiger partial charge < -0.3 is 9.47 Å². The van der Waals surface area contributed by atoms with Crippen LogP contribution < -0.4 is 26.0 Å². The quantitative estimate of drug-likeness (QED) is 0.646. The van der Waals surface area contributed by atoms with E-state index in [-0.39, 0.29) is 5.95 Å². The summed E-state index contributed by atoms with van der Waals surface area (Å²) >= 11 is 0. The minimum absolute atomic E-state index is 0.168. The fraction of sp³-hybridized carbons (Fsp3) is 0.176. The van der Waals surface area contributed by atoms with Gasteiger partial charge in [0.05, 0.1) is 25.6 Å². The standard InChI is InChI=1S/C17H18N6O3/c1-11-19-16(22-21-12-6-8-18-9-7-12)20-17(24)23(11)13-4-5-14(25-2)15(10-13)26-3/h4-10H,1-3H3,(H,18,21)(H,20,22,24). The Morgan fingerprint density at radius 1 is 0.962 bits per heavy atom. The van der Waals surface area contributed by atoms with Crippen LogP contribution in [0.1, 0.15) is 5.82 Å². The van der Waals surface area contributed by atoms with Crippen molar-refractivity contribution in [1.29, 1.82) is 0 Å². The summed E-state index contributed by atoms with van der Waals surface area (Å²) in [5.74, 6) is 1.72. The number of benzene rings is 1. The average molecular weight is 354 g/mol. The number of hydrazine groups is 1. The van der Waals surface area contributed by atoms with Crippen LogP contribution in [0.25, 0.3) is 5.69 Å². The van der Waals surface area contributed by atoms with Gasteiger partial charge in [-0.05, 0) is 31.2 Å². The van der Waals surface area contributed by atoms with E-state index in [1.54, 1.807) is 56.8 Å². The number of hydrogen-bond donors (Lipinski definition) is 2. The number of hydrogen-bond acceptors (Lipinski definition) is 8. The highest BCUT2D eigenvalue weighted by Gasteiger charge is 2.12. The normalized spacial score (nSPS) is 10.3. The van der Waals surface area contributed by atoms with Crippen LogP contribution in [0.2, 0.25) is 0 Å². The summed E-state index contributed by atoms with van der Waals surface area (Å²) in [4.78, 5) is 24.7. The molecule has 9 heteroatoms. The van der Waals surface area contributed by atoms with E-state index in [1.165, 1.54) is 11.7 Å². The maximum atomic E-state index is 12.5. The van der Waals surface area contributed by atoms with Crippen LogP contribution in [-0.4, -0.2) is 33.7 Å². The van der Waals surface area contributed by atoms with Crippen molar-refractivity contribution in [2.75, 3.05) is 25.1 Å². The molecule has 9 nitrogen and oxygen atoms in total. The molecular weight excluding hydrogens is 336 g/mol. The Balaban J connectivity index is 1.89. The number of ether oxygens (including phenoxy) is 2. The summed E-state index contributed by atoms with van der Waals surface area (Å²) in [6.45, 7) is 1.72. The number of aryl methyl sites for hydroxylation is 1. The third-order valence-corrected chi connectivity index (χ3v) is 3.61. The second-order valence-corrected chi connectivity index (χ2v) is 5.24. The van der Waals surface area contributed by atoms with Crippen molar-refractivity contribution >= 4 is 11.6 Å². The Labute approximate surface area is 149 Å². The highest BCUT2D eigenvalue weighted by Crippen LogP contribution is 2.28. The Kier molecular flexibility index (Phi) is 4.97. The summed E-state index contributed by atoms with van der Waals surface area (Å²) in [6.07, 6.45) is 3.29. The third-order valence-electron chi connectivity index (χ3n) is 3.61. The summed E-state index contributed by atoms with van der Waals surface area (Å²) in [5.41, 5.74) is 6.59. The zero-order valence-electron chi connectivity index (χ0n) is 14.6. The van der Waals surface area contributed by atoms with Crippen molar-refractivity contribution in [1.82, 2.24) is 19.5 Å². The lowest BCUT2D eigenvalue weighted by molar-refractivity contribution is 0.355. The lowest BCUT2D eigenvalue weighted by Crippen LogP contribution is -2.27. The second-order valence-electron chi connectivity index (χ2n) is 5.24. The van der Waals surface area contributed by atoms with Crippen LogP contribution in [0.15, 0.2) is 47.5 Å². The molecule has 2 aromatic heterocycles. The molecule has 0 fully saturated rings. The topological polar surface area (TPSA) is 103 Å². The number of aromatic nitrogens is 4. The maximum absolute atomic E-state index is 12.5. The van der Waals surface area contributed by atoms with Crippen LogP contribution >= 0.6 is 0 Å². The number of rotatable bonds is 6. The van der Waals surface area contributed by atoms with Crippen LogP contribution in [0.4, 0.5) is 11.6 Å². The fourth-order valence-electron chi connectivity index (χ4n) is 2.39. The van der Waals surface area contributed by atoms with Gasteiger partial charge in [0.15, 0.2) is 11.5 Å². The van der Waals surface area contributed by atoms with Crippen molar-refractivity contribution in [3.63, 3.8) is 0 Å². The molecule has 0 spiro atoms. The van der Waals surface area contributed by atoms with Crippen molar-refractivity contribution in [2.24, 2.45) is 0 Å². The van der Waals surface area contributed by atoms with Gasteiger partial charge in [-0.25, -0.2) is 9.36 Å². The zero-order chi connectivity index (χ0) is 18.5. The van der Waals surface area contributed by atoms with Crippen LogP contribution in [0, 0.1) is 6.92 Å². The number of nitrogens with one attached hydrogen (secondary N) is 2. The smallest absolute Gasteiger partial charge is 0.356 e. The molecule has 3 aromatic rings. The lowest BCUT2D eigenvalue weighted by Gasteiger charge is -2.14. The molecule has 3 rings (SSSR count). The van der Waals surface area contributed by atoms with E-state index in [0.717, 1.165) is 5.69 Å². The number of methoxy groups -OCH3 is 2. The number of nitrogens with zero attached hydrogens (tertiary/aromatic N) is 4. The van der Waals surface area contributed by atoms with Gasteiger partial charge in [0.1, 0.15) is 5.82 Å². The molecule has 0 aliphatic heterocycles. The van der Waals surface area contributed by atoms with Crippen molar-refractivity contribution < 1.29 is 9.47 Å². The van der Waals surface area contributed by atoms with E-state index in [4.69, 9.17) is 9.47 Å². The molecule has 1 aromatic carbocycles. The van der Waals surface area contributed by atoms with Gasteiger partial charge >= 0.3 is 5.69 Å². The summed E-state index contributed by atoms with van der Waals surface area (Å²) in [7, 11) is 3.08. The molecule has 134 valence electrons. The molecule has 0 bridgehead atoms. The fourth-order valence-corrected chi connectivity index (χ4v) is 2.39. The molecule has 26 heavy (non-hydrogen) atoms. The van der Waals surface area contributed by atoms with Gasteiger partial charge in [0.25, 0.3) is 0 Å². The molecule has 0 amide bonds. The first-order valence-corrected chi connectivity index (χ1v) is 7.74. The van der Waals surface area contributed by atoms with E-state index in [0.29, 0.717) is 23.0 Å². The number of pyridine rings is 1.